The van der Waals surface area contributed by atoms with E-state index >= 15 is 0 Å². The molecule has 2 heterocycles. The molecule has 0 aliphatic carbocycles. The maximum atomic E-state index is 12.4. The van der Waals surface area contributed by atoms with Gasteiger partial charge in [-0.1, -0.05) is 0 Å². The van der Waals surface area contributed by atoms with E-state index in [-0.39, 0.29) is 6.04 Å². The lowest BCUT2D eigenvalue weighted by atomic mass is 10.1. The molecule has 2 saturated heterocycles. The Morgan fingerprint density at radius 1 is 1.00 bits per heavy atom. The average Bonchev–Trinajstić information content (AvgIpc) is 2.70. The van der Waals surface area contributed by atoms with E-state index in [1.165, 1.54) is 12.8 Å². The summed E-state index contributed by atoms with van der Waals surface area (Å²) in [7, 11) is 2.17. The van der Waals surface area contributed by atoms with Crippen LogP contribution in [0.1, 0.15) is 32.1 Å². The highest BCUT2D eigenvalue weighted by atomic mass is 16.2. The number of nitrogens with two attached hydrogens (primary N) is 1. The predicted octanol–water partition coefficient (Wildman–Crippen LogP) is 0.354. The van der Waals surface area contributed by atoms with Gasteiger partial charge in [-0.15, -0.1) is 0 Å². The molecule has 0 aromatic carbocycles. The van der Waals surface area contributed by atoms with Gasteiger partial charge in [0.15, 0.2) is 0 Å². The molecule has 0 saturated carbocycles. The molecule has 1 unspecified atom stereocenters. The minimum Gasteiger partial charge on any atom is -0.343 e. The van der Waals surface area contributed by atoms with E-state index in [2.05, 4.69) is 16.8 Å². The largest absolute Gasteiger partial charge is 0.343 e. The zero-order chi connectivity index (χ0) is 14.4. The van der Waals surface area contributed by atoms with E-state index in [9.17, 15) is 4.79 Å². The van der Waals surface area contributed by atoms with Gasteiger partial charge in [-0.05, 0) is 45.8 Å². The molecule has 0 spiro atoms. The maximum absolute atomic E-state index is 12.4. The topological polar surface area (TPSA) is 52.8 Å². The molecule has 5 nitrogen and oxygen atoms in total. The Labute approximate surface area is 123 Å². The van der Waals surface area contributed by atoms with Gasteiger partial charge in [-0.25, -0.2) is 0 Å². The molecular weight excluding hydrogens is 252 g/mol. The zero-order valence-electron chi connectivity index (χ0n) is 12.9. The minimum atomic E-state index is 0.218. The number of carbonyl (C=O) groups excluding carboxylic acids is 1. The number of likely N-dealkylation sites (N-methyl/N-ethyl adjacent to an activating group) is 1. The Bertz CT molecular complexity index is 304. The van der Waals surface area contributed by atoms with E-state index in [0.717, 1.165) is 52.1 Å². The molecule has 2 aliphatic heterocycles. The molecule has 2 aliphatic rings. The molecule has 1 atom stereocenters. The van der Waals surface area contributed by atoms with Crippen molar-refractivity contribution in [3.05, 3.63) is 0 Å². The second kappa shape index (κ2) is 7.96. The van der Waals surface area contributed by atoms with Crippen LogP contribution >= 0.6 is 0 Å². The first kappa shape index (κ1) is 15.7. The molecule has 2 fully saturated rings. The lowest BCUT2D eigenvalue weighted by molar-refractivity contribution is -0.133. The third-order valence-corrected chi connectivity index (χ3v) is 4.66. The van der Waals surface area contributed by atoms with Crippen molar-refractivity contribution in [2.24, 2.45) is 5.73 Å². The quantitative estimate of drug-likeness (QED) is 0.808. The van der Waals surface area contributed by atoms with E-state index < -0.39 is 0 Å². The van der Waals surface area contributed by atoms with Crippen LogP contribution in [0.5, 0.6) is 0 Å². The normalized spacial score (nSPS) is 24.4. The van der Waals surface area contributed by atoms with Gasteiger partial charge in [0.2, 0.25) is 5.91 Å². The van der Waals surface area contributed by atoms with Crippen molar-refractivity contribution in [2.75, 3.05) is 52.9 Å². The van der Waals surface area contributed by atoms with Gasteiger partial charge in [-0.3, -0.25) is 9.69 Å². The highest BCUT2D eigenvalue weighted by Crippen LogP contribution is 2.14. The lowest BCUT2D eigenvalue weighted by Crippen LogP contribution is -2.46. The van der Waals surface area contributed by atoms with E-state index in [1.54, 1.807) is 0 Å². The fraction of sp³-hybridized carbons (Fsp3) is 0.933. The summed E-state index contributed by atoms with van der Waals surface area (Å²) in [6.45, 7) is 6.80. The van der Waals surface area contributed by atoms with E-state index in [1.807, 2.05) is 4.90 Å². The summed E-state index contributed by atoms with van der Waals surface area (Å²) in [5, 5.41) is 0. The van der Waals surface area contributed by atoms with Crippen molar-refractivity contribution in [1.82, 2.24) is 14.7 Å². The third-order valence-electron chi connectivity index (χ3n) is 4.66. The third kappa shape index (κ3) is 4.43. The zero-order valence-corrected chi connectivity index (χ0v) is 12.9. The highest BCUT2D eigenvalue weighted by Gasteiger charge is 2.25. The molecule has 20 heavy (non-hydrogen) atoms. The fourth-order valence-corrected chi connectivity index (χ4v) is 3.27. The number of nitrogens with zero attached hydrogens (tertiary/aromatic N) is 3. The molecule has 0 radical (unpaired) electrons. The molecule has 0 aromatic rings. The van der Waals surface area contributed by atoms with E-state index in [0.29, 0.717) is 18.9 Å². The Morgan fingerprint density at radius 2 is 1.75 bits per heavy atom. The predicted molar refractivity (Wildman–Crippen MR) is 81.6 cm³/mol. The average molecular weight is 282 g/mol. The summed E-state index contributed by atoms with van der Waals surface area (Å²) in [6.07, 6.45) is 5.36. The Hall–Kier alpha value is -0.650. The smallest absolute Gasteiger partial charge is 0.224 e. The van der Waals surface area contributed by atoms with Gasteiger partial charge < -0.3 is 15.5 Å². The van der Waals surface area contributed by atoms with Crippen molar-refractivity contribution in [2.45, 2.75) is 38.1 Å². The summed E-state index contributed by atoms with van der Waals surface area (Å²) in [4.78, 5) is 19.2. The lowest BCUT2D eigenvalue weighted by Gasteiger charge is -2.32. The number of hydrogen-bond donors (Lipinski definition) is 1. The van der Waals surface area contributed by atoms with Crippen LogP contribution < -0.4 is 5.73 Å². The van der Waals surface area contributed by atoms with Crippen LogP contribution in [0.25, 0.3) is 0 Å². The standard InChI is InChI=1S/C15H30N4O/c1-17-6-5-9-18(11-10-17)14(13-16)12-15(20)19-7-3-2-4-8-19/h14H,2-13,16H2,1H3. The Balaban J connectivity index is 1.85. The second-order valence-electron chi connectivity index (χ2n) is 6.23. The van der Waals surface area contributed by atoms with Gasteiger partial charge >= 0.3 is 0 Å². The molecule has 116 valence electrons. The van der Waals surface area contributed by atoms with Crippen molar-refractivity contribution in [3.8, 4) is 0 Å². The van der Waals surface area contributed by atoms with Crippen molar-refractivity contribution in [3.63, 3.8) is 0 Å². The van der Waals surface area contributed by atoms with Crippen molar-refractivity contribution >= 4 is 5.91 Å². The highest BCUT2D eigenvalue weighted by molar-refractivity contribution is 5.77. The summed E-state index contributed by atoms with van der Waals surface area (Å²) in [5.74, 6) is 0.303. The minimum absolute atomic E-state index is 0.218. The number of likely N-dealkylation sites (tertiary alicyclic amines) is 1. The van der Waals surface area contributed by atoms with E-state index in [4.69, 9.17) is 5.73 Å². The maximum Gasteiger partial charge on any atom is 0.224 e. The summed E-state index contributed by atoms with van der Waals surface area (Å²) in [5.41, 5.74) is 5.94. The molecule has 1 amide bonds. The van der Waals surface area contributed by atoms with Gasteiger partial charge in [0.1, 0.15) is 0 Å². The van der Waals surface area contributed by atoms with Crippen LogP contribution in [-0.2, 0) is 4.79 Å². The van der Waals surface area contributed by atoms with Gasteiger partial charge in [-0.2, -0.15) is 0 Å². The second-order valence-corrected chi connectivity index (χ2v) is 6.23. The van der Waals surface area contributed by atoms with Crippen molar-refractivity contribution in [1.29, 1.82) is 0 Å². The molecule has 2 N–H and O–H groups in total. The van der Waals surface area contributed by atoms with Crippen LogP contribution in [0.15, 0.2) is 0 Å². The van der Waals surface area contributed by atoms with Gasteiger partial charge in [0, 0.05) is 45.2 Å². The summed E-state index contributed by atoms with van der Waals surface area (Å²) >= 11 is 0. The number of carbonyl (C=O) groups is 1. The van der Waals surface area contributed by atoms with Crippen LogP contribution in [-0.4, -0.2) is 79.5 Å². The first-order valence-corrected chi connectivity index (χ1v) is 8.11. The van der Waals surface area contributed by atoms with Gasteiger partial charge in [0.05, 0.1) is 0 Å². The molecule has 2 rings (SSSR count). The van der Waals surface area contributed by atoms with Crippen LogP contribution in [0, 0.1) is 0 Å². The first-order chi connectivity index (χ1) is 9.70. The number of hydrogen-bond acceptors (Lipinski definition) is 4. The number of piperidine rings is 1. The van der Waals surface area contributed by atoms with Crippen LogP contribution in [0.3, 0.4) is 0 Å². The summed E-state index contributed by atoms with van der Waals surface area (Å²) in [6, 6.07) is 0.218. The molecule has 0 bridgehead atoms. The summed E-state index contributed by atoms with van der Waals surface area (Å²) < 4.78 is 0. The number of rotatable bonds is 4. The van der Waals surface area contributed by atoms with Crippen molar-refractivity contribution < 1.29 is 4.79 Å². The Kier molecular flexibility index (Phi) is 6.26. The van der Waals surface area contributed by atoms with Crippen LogP contribution in [0.4, 0.5) is 0 Å². The Morgan fingerprint density at radius 3 is 2.45 bits per heavy atom. The first-order valence-electron chi connectivity index (χ1n) is 8.11. The van der Waals surface area contributed by atoms with Crippen LogP contribution in [0.2, 0.25) is 0 Å². The monoisotopic (exact) mass is 282 g/mol. The SMILES string of the molecule is CN1CCCN(C(CN)CC(=O)N2CCCCC2)CC1. The van der Waals surface area contributed by atoms with Gasteiger partial charge in [0.25, 0.3) is 0 Å². The number of amides is 1. The fourth-order valence-electron chi connectivity index (χ4n) is 3.27. The molecule has 5 heteroatoms. The molecule has 0 aromatic heterocycles. The molecular formula is C15H30N4O.